The van der Waals surface area contributed by atoms with Crippen molar-refractivity contribution < 1.29 is 9.18 Å². The predicted octanol–water partition coefficient (Wildman–Crippen LogP) is 5.66. The molecule has 0 bridgehead atoms. The van der Waals surface area contributed by atoms with Crippen molar-refractivity contribution in [2.75, 3.05) is 5.32 Å². The Morgan fingerprint density at radius 2 is 1.73 bits per heavy atom. The van der Waals surface area contributed by atoms with Gasteiger partial charge in [0.05, 0.1) is 11.1 Å². The van der Waals surface area contributed by atoms with Gasteiger partial charge in [0.1, 0.15) is 11.6 Å². The Balaban J connectivity index is 1.64. The molecule has 30 heavy (non-hydrogen) atoms. The zero-order valence-electron chi connectivity index (χ0n) is 16.9. The third kappa shape index (κ3) is 4.30. The first-order chi connectivity index (χ1) is 14.5. The van der Waals surface area contributed by atoms with Crippen molar-refractivity contribution in [2.45, 2.75) is 20.4 Å². The summed E-state index contributed by atoms with van der Waals surface area (Å²) in [6.07, 6.45) is 0. The maximum atomic E-state index is 13.1. The molecule has 1 amide bonds. The van der Waals surface area contributed by atoms with Crippen LogP contribution in [0.15, 0.2) is 72.8 Å². The number of carbonyl (C=O) groups is 1. The number of rotatable bonds is 5. The second-order valence-corrected chi connectivity index (χ2v) is 7.32. The number of amides is 1. The van der Waals surface area contributed by atoms with Crippen LogP contribution in [0, 0.1) is 19.7 Å². The lowest BCUT2D eigenvalue weighted by Gasteiger charge is -2.13. The van der Waals surface area contributed by atoms with Crippen LogP contribution < -0.4 is 10.6 Å². The van der Waals surface area contributed by atoms with Crippen LogP contribution in [-0.4, -0.2) is 10.9 Å². The molecular weight excluding hydrogens is 377 g/mol. The van der Waals surface area contributed by atoms with Gasteiger partial charge in [-0.2, -0.15) is 0 Å². The zero-order valence-corrected chi connectivity index (χ0v) is 16.9. The summed E-state index contributed by atoms with van der Waals surface area (Å²) in [4.78, 5) is 17.6. The van der Waals surface area contributed by atoms with Crippen LogP contribution in [0.4, 0.5) is 15.9 Å². The fourth-order valence-corrected chi connectivity index (χ4v) is 3.40. The van der Waals surface area contributed by atoms with Crippen molar-refractivity contribution in [2.24, 2.45) is 0 Å². The first kappa shape index (κ1) is 19.6. The summed E-state index contributed by atoms with van der Waals surface area (Å²) in [5.74, 6) is 0.0986. The Labute approximate surface area is 174 Å². The maximum Gasteiger partial charge on any atom is 0.252 e. The molecule has 4 nitrogen and oxygen atoms in total. The summed E-state index contributed by atoms with van der Waals surface area (Å²) in [6, 6.07) is 21.6. The van der Waals surface area contributed by atoms with Crippen LogP contribution in [-0.2, 0) is 6.54 Å². The highest BCUT2D eigenvalue weighted by atomic mass is 19.1. The summed E-state index contributed by atoms with van der Waals surface area (Å²) in [5, 5.41) is 7.03. The van der Waals surface area contributed by atoms with Crippen molar-refractivity contribution in [3.05, 3.63) is 101 Å². The van der Waals surface area contributed by atoms with Crippen LogP contribution in [0.5, 0.6) is 0 Å². The van der Waals surface area contributed by atoms with Crippen LogP contribution >= 0.6 is 0 Å². The van der Waals surface area contributed by atoms with Crippen LogP contribution in [0.2, 0.25) is 0 Å². The van der Waals surface area contributed by atoms with E-state index in [1.807, 2.05) is 43.3 Å². The lowest BCUT2D eigenvalue weighted by molar-refractivity contribution is 0.0952. The molecule has 0 saturated heterocycles. The number of carbonyl (C=O) groups excluding carboxylic acids is 1. The van der Waals surface area contributed by atoms with Crippen molar-refractivity contribution in [1.29, 1.82) is 0 Å². The molecule has 0 saturated carbocycles. The van der Waals surface area contributed by atoms with Gasteiger partial charge in [-0.15, -0.1) is 0 Å². The van der Waals surface area contributed by atoms with Gasteiger partial charge in [0.2, 0.25) is 0 Å². The molecule has 0 atom stereocenters. The van der Waals surface area contributed by atoms with Gasteiger partial charge in [-0.3, -0.25) is 4.79 Å². The highest BCUT2D eigenvalue weighted by molar-refractivity contribution is 6.07. The van der Waals surface area contributed by atoms with Gasteiger partial charge in [-0.05, 0) is 55.3 Å². The number of halogens is 1. The minimum atomic E-state index is -0.299. The number of anilines is 2. The maximum absolute atomic E-state index is 13.1. The van der Waals surface area contributed by atoms with E-state index in [9.17, 15) is 9.18 Å². The number of hydrogen-bond acceptors (Lipinski definition) is 3. The van der Waals surface area contributed by atoms with Gasteiger partial charge in [0, 0.05) is 17.6 Å². The van der Waals surface area contributed by atoms with E-state index in [1.54, 1.807) is 18.2 Å². The minimum absolute atomic E-state index is 0.207. The van der Waals surface area contributed by atoms with Crippen LogP contribution in [0.1, 0.15) is 27.0 Å². The number of para-hydroxylation sites is 1. The zero-order chi connectivity index (χ0) is 21.1. The molecule has 0 unspecified atom stereocenters. The molecule has 0 radical (unpaired) electrons. The minimum Gasteiger partial charge on any atom is -0.348 e. The van der Waals surface area contributed by atoms with Gasteiger partial charge in [0.15, 0.2) is 0 Å². The molecule has 0 spiro atoms. The first-order valence-corrected chi connectivity index (χ1v) is 9.76. The largest absolute Gasteiger partial charge is 0.348 e. The second kappa shape index (κ2) is 8.33. The van der Waals surface area contributed by atoms with Gasteiger partial charge in [-0.25, -0.2) is 9.37 Å². The first-order valence-electron chi connectivity index (χ1n) is 9.76. The molecule has 0 aliphatic carbocycles. The number of pyridine rings is 1. The molecule has 2 N–H and O–H groups in total. The number of nitrogens with one attached hydrogen (secondary N) is 2. The molecule has 5 heteroatoms. The summed E-state index contributed by atoms with van der Waals surface area (Å²) >= 11 is 0. The smallest absolute Gasteiger partial charge is 0.252 e. The lowest BCUT2D eigenvalue weighted by Crippen LogP contribution is -2.23. The molecule has 0 fully saturated rings. The molecule has 4 aromatic rings. The molecule has 3 aromatic carbocycles. The summed E-state index contributed by atoms with van der Waals surface area (Å²) < 4.78 is 13.1. The van der Waals surface area contributed by atoms with Crippen molar-refractivity contribution in [1.82, 2.24) is 10.3 Å². The fourth-order valence-electron chi connectivity index (χ4n) is 3.40. The van der Waals surface area contributed by atoms with Gasteiger partial charge in [-0.1, -0.05) is 48.0 Å². The summed E-state index contributed by atoms with van der Waals surface area (Å²) in [6.45, 7) is 4.40. The number of benzene rings is 3. The Bertz CT molecular complexity index is 1220. The van der Waals surface area contributed by atoms with Gasteiger partial charge in [0.25, 0.3) is 5.91 Å². The van der Waals surface area contributed by atoms with Gasteiger partial charge >= 0.3 is 0 Å². The quantitative estimate of drug-likeness (QED) is 0.455. The topological polar surface area (TPSA) is 54.0 Å². The van der Waals surface area contributed by atoms with E-state index < -0.39 is 0 Å². The number of aromatic nitrogens is 1. The second-order valence-electron chi connectivity index (χ2n) is 7.32. The number of fused-ring (bicyclic) bond motifs is 1. The third-order valence-corrected chi connectivity index (χ3v) is 4.97. The van der Waals surface area contributed by atoms with Crippen molar-refractivity contribution in [3.8, 4) is 0 Å². The highest BCUT2D eigenvalue weighted by Crippen LogP contribution is 2.25. The Morgan fingerprint density at radius 1 is 0.967 bits per heavy atom. The lowest BCUT2D eigenvalue weighted by atomic mass is 10.1. The van der Waals surface area contributed by atoms with E-state index in [2.05, 4.69) is 28.6 Å². The molecule has 150 valence electrons. The van der Waals surface area contributed by atoms with E-state index in [1.165, 1.54) is 17.7 Å². The molecule has 1 aromatic heterocycles. The molecule has 0 aliphatic heterocycles. The van der Waals surface area contributed by atoms with E-state index in [-0.39, 0.29) is 11.7 Å². The standard InChI is InChI=1S/C25H22FN3O/c1-16-7-12-22(17(2)13-16)28-24-14-21(20-5-3-4-6-23(20)29-24)25(30)27-15-18-8-10-19(26)11-9-18/h3-14H,15H2,1-2H3,(H,27,30)(H,28,29). The van der Waals surface area contributed by atoms with Crippen LogP contribution in [0.25, 0.3) is 10.9 Å². The Kier molecular flexibility index (Phi) is 5.44. The Hall–Kier alpha value is -3.73. The molecular formula is C25H22FN3O. The monoisotopic (exact) mass is 399 g/mol. The van der Waals surface area contributed by atoms with E-state index in [0.29, 0.717) is 17.9 Å². The number of hydrogen-bond donors (Lipinski definition) is 2. The summed E-state index contributed by atoms with van der Waals surface area (Å²) in [5.41, 5.74) is 5.34. The Morgan fingerprint density at radius 3 is 2.50 bits per heavy atom. The number of aryl methyl sites for hydroxylation is 2. The van der Waals surface area contributed by atoms with Crippen molar-refractivity contribution >= 4 is 28.3 Å². The molecule has 1 heterocycles. The number of nitrogens with zero attached hydrogens (tertiary/aromatic N) is 1. The van der Waals surface area contributed by atoms with E-state index in [0.717, 1.165) is 27.7 Å². The predicted molar refractivity (Wildman–Crippen MR) is 119 cm³/mol. The van der Waals surface area contributed by atoms with E-state index in [4.69, 9.17) is 0 Å². The average Bonchev–Trinajstić information content (AvgIpc) is 2.74. The average molecular weight is 399 g/mol. The fraction of sp³-hybridized carbons (Fsp3) is 0.120. The normalized spacial score (nSPS) is 10.8. The molecule has 0 aliphatic rings. The molecule has 4 rings (SSSR count). The highest BCUT2D eigenvalue weighted by Gasteiger charge is 2.13. The van der Waals surface area contributed by atoms with Crippen LogP contribution in [0.3, 0.4) is 0 Å². The van der Waals surface area contributed by atoms with Crippen molar-refractivity contribution in [3.63, 3.8) is 0 Å². The SMILES string of the molecule is Cc1ccc(Nc2cc(C(=O)NCc3ccc(F)cc3)c3ccccc3n2)c(C)c1. The summed E-state index contributed by atoms with van der Waals surface area (Å²) in [7, 11) is 0. The van der Waals surface area contributed by atoms with Gasteiger partial charge < -0.3 is 10.6 Å². The van der Waals surface area contributed by atoms with E-state index >= 15 is 0 Å². The third-order valence-electron chi connectivity index (χ3n) is 4.97.